The van der Waals surface area contributed by atoms with Crippen LogP contribution in [-0.2, 0) is 4.74 Å². The molecule has 6 heteroatoms. The highest BCUT2D eigenvalue weighted by molar-refractivity contribution is 9.10. The molecular weight excluding hydrogens is 300 g/mol. The van der Waals surface area contributed by atoms with Crippen LogP contribution in [0.5, 0.6) is 5.75 Å². The number of esters is 1. The molecule has 2 aromatic rings. The molecule has 0 radical (unpaired) electrons. The lowest BCUT2D eigenvalue weighted by atomic mass is 10.2. The molecule has 94 valence electrons. The third kappa shape index (κ3) is 2.28. The van der Waals surface area contributed by atoms with Gasteiger partial charge in [-0.15, -0.1) is 0 Å². The fraction of sp³-hybridized carbons (Fsp3) is 0.250. The van der Waals surface area contributed by atoms with Crippen molar-refractivity contribution in [3.05, 3.63) is 28.5 Å². The van der Waals surface area contributed by atoms with Gasteiger partial charge in [0.2, 0.25) is 0 Å². The number of hydrogen-bond acceptors (Lipinski definition) is 5. The van der Waals surface area contributed by atoms with Gasteiger partial charge in [0.05, 0.1) is 35.5 Å². The van der Waals surface area contributed by atoms with Gasteiger partial charge in [-0.1, -0.05) is 0 Å². The Morgan fingerprint density at radius 1 is 1.39 bits per heavy atom. The van der Waals surface area contributed by atoms with Gasteiger partial charge in [-0.25, -0.2) is 9.78 Å². The molecule has 0 aromatic carbocycles. The van der Waals surface area contributed by atoms with Gasteiger partial charge in [0.1, 0.15) is 11.3 Å². The second kappa shape index (κ2) is 5.30. The topological polar surface area (TPSA) is 61.3 Å². The first-order chi connectivity index (χ1) is 8.67. The first-order valence-electron chi connectivity index (χ1n) is 5.32. The molecule has 0 amide bonds. The standard InChI is InChI=1S/C12H11BrN2O3/c1-3-18-12(16)8-6-14-9-4-7(17-2)5-15-11(9)10(8)13/h4-6H,3H2,1-2H3. The largest absolute Gasteiger partial charge is 0.495 e. The summed E-state index contributed by atoms with van der Waals surface area (Å²) < 4.78 is 10.6. The Morgan fingerprint density at radius 2 is 2.17 bits per heavy atom. The first kappa shape index (κ1) is 12.8. The smallest absolute Gasteiger partial charge is 0.340 e. The summed E-state index contributed by atoms with van der Waals surface area (Å²) in [7, 11) is 1.56. The number of ether oxygens (including phenoxy) is 2. The van der Waals surface area contributed by atoms with Gasteiger partial charge >= 0.3 is 5.97 Å². The van der Waals surface area contributed by atoms with E-state index in [0.29, 0.717) is 33.4 Å². The molecule has 0 spiro atoms. The second-order valence-corrected chi connectivity index (χ2v) is 4.24. The van der Waals surface area contributed by atoms with Crippen LogP contribution in [0.2, 0.25) is 0 Å². The molecule has 0 aliphatic heterocycles. The van der Waals surface area contributed by atoms with Gasteiger partial charge in [0, 0.05) is 12.3 Å². The summed E-state index contributed by atoms with van der Waals surface area (Å²) in [5.41, 5.74) is 1.61. The van der Waals surface area contributed by atoms with Gasteiger partial charge in [-0.05, 0) is 22.9 Å². The van der Waals surface area contributed by atoms with E-state index in [1.54, 1.807) is 26.3 Å². The van der Waals surface area contributed by atoms with Gasteiger partial charge in [-0.3, -0.25) is 4.98 Å². The molecule has 0 unspecified atom stereocenters. The Morgan fingerprint density at radius 3 is 2.83 bits per heavy atom. The molecule has 0 fully saturated rings. The number of pyridine rings is 2. The van der Waals surface area contributed by atoms with Gasteiger partial charge in [-0.2, -0.15) is 0 Å². The molecule has 0 bridgehead atoms. The number of fused-ring (bicyclic) bond motifs is 1. The summed E-state index contributed by atoms with van der Waals surface area (Å²) in [6.07, 6.45) is 3.04. The predicted octanol–water partition coefficient (Wildman–Crippen LogP) is 2.58. The summed E-state index contributed by atoms with van der Waals surface area (Å²) in [4.78, 5) is 20.1. The Bertz CT molecular complexity index is 601. The summed E-state index contributed by atoms with van der Waals surface area (Å²) in [6, 6.07) is 1.75. The van der Waals surface area contributed by atoms with Crippen LogP contribution in [0.15, 0.2) is 22.9 Å². The Balaban J connectivity index is 2.54. The SMILES string of the molecule is CCOC(=O)c1cnc2cc(OC)cnc2c1Br. The van der Waals surface area contributed by atoms with E-state index in [4.69, 9.17) is 9.47 Å². The molecule has 2 rings (SSSR count). The summed E-state index contributed by atoms with van der Waals surface area (Å²) in [5.74, 6) is 0.196. The highest BCUT2D eigenvalue weighted by atomic mass is 79.9. The van der Waals surface area contributed by atoms with E-state index in [2.05, 4.69) is 25.9 Å². The van der Waals surface area contributed by atoms with E-state index in [-0.39, 0.29) is 0 Å². The normalized spacial score (nSPS) is 10.4. The van der Waals surface area contributed by atoms with Crippen molar-refractivity contribution < 1.29 is 14.3 Å². The van der Waals surface area contributed by atoms with Crippen molar-refractivity contribution in [1.82, 2.24) is 9.97 Å². The number of nitrogens with zero attached hydrogens (tertiary/aromatic N) is 2. The van der Waals surface area contributed by atoms with Crippen LogP contribution in [0.4, 0.5) is 0 Å². The zero-order valence-electron chi connectivity index (χ0n) is 9.94. The Labute approximate surface area is 112 Å². The van der Waals surface area contributed by atoms with Crippen LogP contribution in [0.3, 0.4) is 0 Å². The Kier molecular flexibility index (Phi) is 3.76. The minimum Gasteiger partial charge on any atom is -0.495 e. The van der Waals surface area contributed by atoms with Crippen molar-refractivity contribution in [1.29, 1.82) is 0 Å². The third-order valence-electron chi connectivity index (χ3n) is 2.35. The van der Waals surface area contributed by atoms with Gasteiger partial charge in [0.25, 0.3) is 0 Å². The summed E-state index contributed by atoms with van der Waals surface area (Å²) in [5, 5.41) is 0. The van der Waals surface area contributed by atoms with E-state index in [1.165, 1.54) is 6.20 Å². The van der Waals surface area contributed by atoms with Crippen molar-refractivity contribution in [2.24, 2.45) is 0 Å². The molecule has 2 aromatic heterocycles. The van der Waals surface area contributed by atoms with Crippen LogP contribution in [0, 0.1) is 0 Å². The van der Waals surface area contributed by atoms with Crippen molar-refractivity contribution in [3.63, 3.8) is 0 Å². The van der Waals surface area contributed by atoms with E-state index >= 15 is 0 Å². The second-order valence-electron chi connectivity index (χ2n) is 3.45. The fourth-order valence-electron chi connectivity index (χ4n) is 1.48. The van der Waals surface area contributed by atoms with Crippen LogP contribution in [0.25, 0.3) is 11.0 Å². The molecule has 0 saturated heterocycles. The number of carbonyl (C=O) groups is 1. The van der Waals surface area contributed by atoms with Crippen molar-refractivity contribution in [3.8, 4) is 5.75 Å². The molecule has 0 atom stereocenters. The number of carbonyl (C=O) groups excluding carboxylic acids is 1. The molecule has 2 heterocycles. The highest BCUT2D eigenvalue weighted by Gasteiger charge is 2.15. The molecule has 0 saturated carbocycles. The summed E-state index contributed by atoms with van der Waals surface area (Å²) in [6.45, 7) is 2.07. The van der Waals surface area contributed by atoms with E-state index in [9.17, 15) is 4.79 Å². The zero-order valence-corrected chi connectivity index (χ0v) is 11.5. The van der Waals surface area contributed by atoms with Crippen LogP contribution < -0.4 is 4.74 Å². The zero-order chi connectivity index (χ0) is 13.1. The predicted molar refractivity (Wildman–Crippen MR) is 69.7 cm³/mol. The van der Waals surface area contributed by atoms with Crippen LogP contribution in [0.1, 0.15) is 17.3 Å². The van der Waals surface area contributed by atoms with E-state index < -0.39 is 5.97 Å². The molecule has 5 nitrogen and oxygen atoms in total. The van der Waals surface area contributed by atoms with Crippen molar-refractivity contribution >= 4 is 32.9 Å². The number of methoxy groups -OCH3 is 1. The molecule has 0 aliphatic carbocycles. The lowest BCUT2D eigenvalue weighted by Gasteiger charge is -2.07. The number of aromatic nitrogens is 2. The first-order valence-corrected chi connectivity index (χ1v) is 6.12. The summed E-state index contributed by atoms with van der Waals surface area (Å²) >= 11 is 3.35. The Hall–Kier alpha value is -1.69. The van der Waals surface area contributed by atoms with Crippen molar-refractivity contribution in [2.45, 2.75) is 6.92 Å². The maximum absolute atomic E-state index is 11.7. The van der Waals surface area contributed by atoms with E-state index in [1.807, 2.05) is 0 Å². The maximum Gasteiger partial charge on any atom is 0.340 e. The fourth-order valence-corrected chi connectivity index (χ4v) is 2.05. The molecule has 18 heavy (non-hydrogen) atoms. The monoisotopic (exact) mass is 310 g/mol. The van der Waals surface area contributed by atoms with Crippen molar-refractivity contribution in [2.75, 3.05) is 13.7 Å². The minimum atomic E-state index is -0.420. The molecular formula is C12H11BrN2O3. The van der Waals surface area contributed by atoms with Crippen LogP contribution >= 0.6 is 15.9 Å². The lowest BCUT2D eigenvalue weighted by Crippen LogP contribution is -2.06. The van der Waals surface area contributed by atoms with Gasteiger partial charge in [0.15, 0.2) is 0 Å². The highest BCUT2D eigenvalue weighted by Crippen LogP contribution is 2.27. The number of halogens is 1. The number of hydrogen-bond donors (Lipinski definition) is 0. The van der Waals surface area contributed by atoms with E-state index in [0.717, 1.165) is 0 Å². The molecule has 0 aliphatic rings. The van der Waals surface area contributed by atoms with Gasteiger partial charge < -0.3 is 9.47 Å². The number of rotatable bonds is 3. The average molecular weight is 311 g/mol. The minimum absolute atomic E-state index is 0.319. The molecule has 0 N–H and O–H groups in total. The van der Waals surface area contributed by atoms with Crippen LogP contribution in [-0.4, -0.2) is 29.7 Å². The third-order valence-corrected chi connectivity index (χ3v) is 3.15. The quantitative estimate of drug-likeness (QED) is 0.815. The average Bonchev–Trinajstić information content (AvgIpc) is 2.38. The maximum atomic E-state index is 11.7. The lowest BCUT2D eigenvalue weighted by molar-refractivity contribution is 0.0525.